The third-order valence-corrected chi connectivity index (χ3v) is 3.99. The molecule has 1 aromatic heterocycles. The fourth-order valence-electron chi connectivity index (χ4n) is 1.66. The van der Waals surface area contributed by atoms with Gasteiger partial charge >= 0.3 is 0 Å². The molecular formula is C13H13Cl2NS. The Morgan fingerprint density at radius 3 is 2.59 bits per heavy atom. The molecule has 1 N–H and O–H groups in total. The maximum atomic E-state index is 5.93. The maximum absolute atomic E-state index is 5.93. The van der Waals surface area contributed by atoms with Crippen molar-refractivity contribution in [3.63, 3.8) is 0 Å². The number of aryl methyl sites for hydroxylation is 1. The van der Waals surface area contributed by atoms with Gasteiger partial charge in [0.1, 0.15) is 0 Å². The van der Waals surface area contributed by atoms with Crippen molar-refractivity contribution in [1.29, 1.82) is 0 Å². The molecule has 0 radical (unpaired) electrons. The largest absolute Gasteiger partial charge is 0.378 e. The molecule has 90 valence electrons. The van der Waals surface area contributed by atoms with Crippen molar-refractivity contribution in [2.75, 3.05) is 5.32 Å². The van der Waals surface area contributed by atoms with E-state index in [4.69, 9.17) is 23.2 Å². The van der Waals surface area contributed by atoms with E-state index in [1.807, 2.05) is 31.2 Å². The first-order valence-electron chi connectivity index (χ1n) is 5.33. The van der Waals surface area contributed by atoms with Crippen molar-refractivity contribution in [3.8, 4) is 0 Å². The zero-order chi connectivity index (χ0) is 12.4. The minimum Gasteiger partial charge on any atom is -0.378 e. The molecule has 1 heterocycles. The van der Waals surface area contributed by atoms with Crippen LogP contribution in [0.15, 0.2) is 29.6 Å². The van der Waals surface area contributed by atoms with Gasteiger partial charge in [-0.15, -0.1) is 11.3 Å². The lowest BCUT2D eigenvalue weighted by atomic mass is 10.1. The van der Waals surface area contributed by atoms with E-state index < -0.39 is 0 Å². The number of hydrogen-bond donors (Lipinski definition) is 1. The van der Waals surface area contributed by atoms with Crippen LogP contribution >= 0.6 is 34.5 Å². The topological polar surface area (TPSA) is 12.0 Å². The molecule has 2 rings (SSSR count). The predicted octanol–water partition coefficient (Wildman–Crippen LogP) is 5.54. The molecule has 0 spiro atoms. The van der Waals surface area contributed by atoms with Gasteiger partial charge < -0.3 is 5.32 Å². The van der Waals surface area contributed by atoms with Crippen molar-refractivity contribution >= 4 is 40.2 Å². The van der Waals surface area contributed by atoms with Gasteiger partial charge in [-0.25, -0.2) is 0 Å². The Hall–Kier alpha value is -0.700. The van der Waals surface area contributed by atoms with Crippen molar-refractivity contribution in [3.05, 3.63) is 50.1 Å². The Labute approximate surface area is 115 Å². The molecule has 0 aliphatic heterocycles. The lowest BCUT2D eigenvalue weighted by molar-refractivity contribution is 0.888. The first-order valence-corrected chi connectivity index (χ1v) is 6.96. The summed E-state index contributed by atoms with van der Waals surface area (Å²) in [6, 6.07) is 8.08. The molecule has 0 amide bonds. The fraction of sp³-hybridized carbons (Fsp3) is 0.231. The predicted molar refractivity (Wildman–Crippen MR) is 77.6 cm³/mol. The van der Waals surface area contributed by atoms with E-state index in [1.54, 1.807) is 11.3 Å². The van der Waals surface area contributed by atoms with Crippen molar-refractivity contribution in [1.82, 2.24) is 0 Å². The molecule has 0 bridgehead atoms. The summed E-state index contributed by atoms with van der Waals surface area (Å²) >= 11 is 13.4. The number of nitrogens with one attached hydrogen (secondary N) is 1. The van der Waals surface area contributed by atoms with Crippen LogP contribution in [0.25, 0.3) is 0 Å². The van der Waals surface area contributed by atoms with Crippen LogP contribution in [0.1, 0.15) is 24.1 Å². The van der Waals surface area contributed by atoms with Gasteiger partial charge in [0.2, 0.25) is 0 Å². The van der Waals surface area contributed by atoms with E-state index >= 15 is 0 Å². The average molecular weight is 286 g/mol. The Kier molecular flexibility index (Phi) is 3.97. The fourth-order valence-corrected chi connectivity index (χ4v) is 2.87. The molecule has 4 heteroatoms. The molecule has 1 atom stereocenters. The van der Waals surface area contributed by atoms with Gasteiger partial charge in [-0.2, -0.15) is 0 Å². The summed E-state index contributed by atoms with van der Waals surface area (Å²) in [7, 11) is 0. The molecule has 2 aromatic rings. The van der Waals surface area contributed by atoms with E-state index in [0.717, 1.165) is 20.6 Å². The minimum atomic E-state index is 0.235. The molecule has 1 unspecified atom stereocenters. The lowest BCUT2D eigenvalue weighted by Crippen LogP contribution is -2.06. The van der Waals surface area contributed by atoms with Gasteiger partial charge in [-0.05, 0) is 54.6 Å². The summed E-state index contributed by atoms with van der Waals surface area (Å²) in [6.07, 6.45) is 0. The first kappa shape index (κ1) is 12.7. The van der Waals surface area contributed by atoms with E-state index in [9.17, 15) is 0 Å². The third-order valence-electron chi connectivity index (χ3n) is 2.65. The van der Waals surface area contributed by atoms with Gasteiger partial charge in [0.05, 0.1) is 4.34 Å². The standard InChI is InChI=1S/C13H13Cl2NS/c1-8-5-11(14)3-4-12(8)16-9(2)10-6-13(15)17-7-10/h3-7,9,16H,1-2H3. The number of benzene rings is 1. The SMILES string of the molecule is Cc1cc(Cl)ccc1NC(C)c1csc(Cl)c1. The average Bonchev–Trinajstić information content (AvgIpc) is 2.69. The van der Waals surface area contributed by atoms with E-state index in [0.29, 0.717) is 0 Å². The zero-order valence-electron chi connectivity index (χ0n) is 9.63. The quantitative estimate of drug-likeness (QED) is 0.781. The number of thiophene rings is 1. The summed E-state index contributed by atoms with van der Waals surface area (Å²) in [4.78, 5) is 0. The summed E-state index contributed by atoms with van der Waals surface area (Å²) in [5.74, 6) is 0. The molecule has 0 aliphatic rings. The Balaban J connectivity index is 2.15. The van der Waals surface area contributed by atoms with Crippen LogP contribution in [0.4, 0.5) is 5.69 Å². The van der Waals surface area contributed by atoms with Crippen LogP contribution in [0.5, 0.6) is 0 Å². The van der Waals surface area contributed by atoms with Gasteiger partial charge in [0.15, 0.2) is 0 Å². The minimum absolute atomic E-state index is 0.235. The van der Waals surface area contributed by atoms with Crippen molar-refractivity contribution in [2.24, 2.45) is 0 Å². The zero-order valence-corrected chi connectivity index (χ0v) is 12.0. The maximum Gasteiger partial charge on any atom is 0.0931 e. The Bertz CT molecular complexity index is 522. The molecule has 0 saturated carbocycles. The highest BCUT2D eigenvalue weighted by Crippen LogP contribution is 2.28. The van der Waals surface area contributed by atoms with Crippen LogP contribution in [0.3, 0.4) is 0 Å². The summed E-state index contributed by atoms with van der Waals surface area (Å²) in [6.45, 7) is 4.16. The highest BCUT2D eigenvalue weighted by molar-refractivity contribution is 7.14. The summed E-state index contributed by atoms with van der Waals surface area (Å²) in [5, 5.41) is 6.29. The van der Waals surface area contributed by atoms with E-state index in [1.165, 1.54) is 5.56 Å². The normalized spacial score (nSPS) is 12.5. The molecule has 1 aromatic carbocycles. The Morgan fingerprint density at radius 2 is 2.00 bits per heavy atom. The second kappa shape index (κ2) is 5.30. The molecule has 17 heavy (non-hydrogen) atoms. The molecule has 0 fully saturated rings. The molecule has 0 saturated heterocycles. The smallest absolute Gasteiger partial charge is 0.0931 e. The van der Waals surface area contributed by atoms with Crippen LogP contribution < -0.4 is 5.32 Å². The van der Waals surface area contributed by atoms with Gasteiger partial charge in [0.25, 0.3) is 0 Å². The van der Waals surface area contributed by atoms with Crippen LogP contribution in [0.2, 0.25) is 9.36 Å². The lowest BCUT2D eigenvalue weighted by Gasteiger charge is -2.16. The molecule has 0 aliphatic carbocycles. The second-order valence-electron chi connectivity index (χ2n) is 4.01. The number of rotatable bonds is 3. The summed E-state index contributed by atoms with van der Waals surface area (Å²) < 4.78 is 0.821. The van der Waals surface area contributed by atoms with E-state index in [-0.39, 0.29) is 6.04 Å². The van der Waals surface area contributed by atoms with Crippen LogP contribution in [0, 0.1) is 6.92 Å². The van der Waals surface area contributed by atoms with Crippen LogP contribution in [-0.4, -0.2) is 0 Å². The first-order chi connectivity index (χ1) is 8.06. The highest BCUT2D eigenvalue weighted by atomic mass is 35.5. The number of anilines is 1. The van der Waals surface area contributed by atoms with Crippen molar-refractivity contribution in [2.45, 2.75) is 19.9 Å². The number of hydrogen-bond acceptors (Lipinski definition) is 2. The van der Waals surface area contributed by atoms with Gasteiger partial charge in [0, 0.05) is 16.8 Å². The second-order valence-corrected chi connectivity index (χ2v) is 5.99. The van der Waals surface area contributed by atoms with Crippen LogP contribution in [-0.2, 0) is 0 Å². The monoisotopic (exact) mass is 285 g/mol. The Morgan fingerprint density at radius 1 is 1.24 bits per heavy atom. The number of halogens is 2. The van der Waals surface area contributed by atoms with Gasteiger partial charge in [-0.3, -0.25) is 0 Å². The van der Waals surface area contributed by atoms with Gasteiger partial charge in [-0.1, -0.05) is 23.2 Å². The van der Waals surface area contributed by atoms with E-state index in [2.05, 4.69) is 17.6 Å². The van der Waals surface area contributed by atoms with Crippen molar-refractivity contribution < 1.29 is 0 Å². The summed E-state index contributed by atoms with van der Waals surface area (Å²) in [5.41, 5.74) is 3.45. The third kappa shape index (κ3) is 3.15. The molecule has 1 nitrogen and oxygen atoms in total. The molecular weight excluding hydrogens is 273 g/mol. The highest BCUT2D eigenvalue weighted by Gasteiger charge is 2.08.